The number of aromatic nitrogens is 2. The molecular formula is C11H13FN2O4. The molecule has 1 aromatic heterocycles. The van der Waals surface area contributed by atoms with Gasteiger partial charge in [-0.15, -0.1) is 0 Å². The number of nitrogens with zero attached hydrogens (tertiary/aromatic N) is 1. The molecule has 7 heteroatoms. The van der Waals surface area contributed by atoms with Gasteiger partial charge in [-0.3, -0.25) is 0 Å². The summed E-state index contributed by atoms with van der Waals surface area (Å²) in [5.41, 5.74) is 0.797. The van der Waals surface area contributed by atoms with E-state index in [1.807, 2.05) is 0 Å². The van der Waals surface area contributed by atoms with Crippen LogP contribution in [0.15, 0.2) is 18.2 Å². The Kier molecular flexibility index (Phi) is 3.58. The van der Waals surface area contributed by atoms with Crippen LogP contribution in [-0.4, -0.2) is 49.2 Å². The molecule has 2 aromatic rings. The second kappa shape index (κ2) is 4.99. The fourth-order valence-corrected chi connectivity index (χ4v) is 1.62. The number of H-pyrrole nitrogens is 1. The van der Waals surface area contributed by atoms with Crippen LogP contribution in [-0.2, 0) is 0 Å². The van der Waals surface area contributed by atoms with Crippen LogP contribution in [0, 0.1) is 5.82 Å². The summed E-state index contributed by atoms with van der Waals surface area (Å²) >= 11 is 0. The minimum absolute atomic E-state index is 0.00407. The minimum Gasteiger partial charge on any atom is -0.394 e. The van der Waals surface area contributed by atoms with Crippen LogP contribution >= 0.6 is 0 Å². The van der Waals surface area contributed by atoms with Gasteiger partial charge in [-0.1, -0.05) is 0 Å². The Bertz CT molecular complexity index is 545. The third kappa shape index (κ3) is 2.34. The molecule has 1 heterocycles. The number of hydrogen-bond acceptors (Lipinski definition) is 5. The van der Waals surface area contributed by atoms with Crippen molar-refractivity contribution in [2.24, 2.45) is 0 Å². The first-order chi connectivity index (χ1) is 8.52. The fourth-order valence-electron chi connectivity index (χ4n) is 1.62. The molecule has 5 N–H and O–H groups in total. The molecule has 0 aliphatic rings. The maximum atomic E-state index is 13.0. The van der Waals surface area contributed by atoms with Crippen molar-refractivity contribution in [3.05, 3.63) is 29.8 Å². The van der Waals surface area contributed by atoms with Crippen molar-refractivity contribution in [2.45, 2.75) is 18.3 Å². The lowest BCUT2D eigenvalue weighted by atomic mass is 10.1. The quantitative estimate of drug-likeness (QED) is 0.504. The molecule has 18 heavy (non-hydrogen) atoms. The molecule has 0 saturated carbocycles. The van der Waals surface area contributed by atoms with Crippen molar-refractivity contribution < 1.29 is 24.8 Å². The SMILES string of the molecule is OCC(O)C(O)[C@H](O)c1nc2ccc(F)cc2[nH]1. The zero-order valence-electron chi connectivity index (χ0n) is 9.29. The Hall–Kier alpha value is -1.54. The molecule has 6 nitrogen and oxygen atoms in total. The average molecular weight is 256 g/mol. The summed E-state index contributed by atoms with van der Waals surface area (Å²) in [6.07, 6.45) is -4.56. The van der Waals surface area contributed by atoms with E-state index in [0.29, 0.717) is 11.0 Å². The first-order valence-electron chi connectivity index (χ1n) is 5.33. The molecule has 0 spiro atoms. The minimum atomic E-state index is -1.58. The maximum absolute atomic E-state index is 13.0. The molecule has 0 aliphatic carbocycles. The van der Waals surface area contributed by atoms with E-state index < -0.39 is 30.7 Å². The molecule has 0 amide bonds. The highest BCUT2D eigenvalue weighted by Crippen LogP contribution is 2.20. The molecule has 0 aliphatic heterocycles. The number of halogens is 1. The van der Waals surface area contributed by atoms with Gasteiger partial charge in [-0.25, -0.2) is 9.37 Å². The van der Waals surface area contributed by atoms with Crippen LogP contribution in [0.2, 0.25) is 0 Å². The molecule has 0 saturated heterocycles. The lowest BCUT2D eigenvalue weighted by Gasteiger charge is -2.19. The van der Waals surface area contributed by atoms with E-state index in [4.69, 9.17) is 5.11 Å². The highest BCUT2D eigenvalue weighted by atomic mass is 19.1. The van der Waals surface area contributed by atoms with Gasteiger partial charge in [0, 0.05) is 0 Å². The Balaban J connectivity index is 2.30. The van der Waals surface area contributed by atoms with Gasteiger partial charge in [-0.2, -0.15) is 0 Å². The van der Waals surface area contributed by atoms with Gasteiger partial charge in [0.25, 0.3) is 0 Å². The zero-order chi connectivity index (χ0) is 13.3. The first kappa shape index (κ1) is 12.9. The van der Waals surface area contributed by atoms with Crippen LogP contribution in [0.5, 0.6) is 0 Å². The molecule has 3 atom stereocenters. The summed E-state index contributed by atoms with van der Waals surface area (Å²) in [7, 11) is 0. The molecule has 2 unspecified atom stereocenters. The van der Waals surface area contributed by atoms with Crippen LogP contribution in [0.3, 0.4) is 0 Å². The summed E-state index contributed by atoms with van der Waals surface area (Å²) in [4.78, 5) is 6.61. The largest absolute Gasteiger partial charge is 0.394 e. The van der Waals surface area contributed by atoms with E-state index in [-0.39, 0.29) is 5.82 Å². The third-order valence-corrected chi connectivity index (χ3v) is 2.65. The number of imidazole rings is 1. The lowest BCUT2D eigenvalue weighted by Crippen LogP contribution is -2.35. The zero-order valence-corrected chi connectivity index (χ0v) is 9.29. The fraction of sp³-hybridized carbons (Fsp3) is 0.364. The number of aliphatic hydroxyl groups is 4. The molecule has 2 rings (SSSR count). The van der Waals surface area contributed by atoms with Crippen molar-refractivity contribution in [3.63, 3.8) is 0 Å². The van der Waals surface area contributed by atoms with Gasteiger partial charge >= 0.3 is 0 Å². The summed E-state index contributed by atoms with van der Waals surface area (Å²) in [6, 6.07) is 3.85. The molecule has 0 fully saturated rings. The van der Waals surface area contributed by atoms with E-state index in [1.54, 1.807) is 0 Å². The number of aromatic amines is 1. The number of hydrogen-bond donors (Lipinski definition) is 5. The Morgan fingerprint density at radius 1 is 1.28 bits per heavy atom. The summed E-state index contributed by atoms with van der Waals surface area (Å²) in [6.45, 7) is -0.687. The molecular weight excluding hydrogens is 243 g/mol. The van der Waals surface area contributed by atoms with Gasteiger partial charge in [0.2, 0.25) is 0 Å². The second-order valence-electron chi connectivity index (χ2n) is 3.97. The smallest absolute Gasteiger partial charge is 0.140 e. The monoisotopic (exact) mass is 256 g/mol. The summed E-state index contributed by atoms with van der Waals surface area (Å²) < 4.78 is 13.0. The van der Waals surface area contributed by atoms with E-state index >= 15 is 0 Å². The van der Waals surface area contributed by atoms with Gasteiger partial charge in [-0.05, 0) is 18.2 Å². The van der Waals surface area contributed by atoms with Gasteiger partial charge in [0.1, 0.15) is 30.0 Å². The summed E-state index contributed by atoms with van der Waals surface area (Å²) in [5.74, 6) is -0.460. The van der Waals surface area contributed by atoms with Crippen molar-refractivity contribution >= 4 is 11.0 Å². The number of benzene rings is 1. The van der Waals surface area contributed by atoms with Gasteiger partial charge in [0.15, 0.2) is 0 Å². The normalized spacial score (nSPS) is 16.7. The van der Waals surface area contributed by atoms with Crippen LogP contribution < -0.4 is 0 Å². The van der Waals surface area contributed by atoms with Crippen molar-refractivity contribution in [1.82, 2.24) is 9.97 Å². The van der Waals surface area contributed by atoms with E-state index in [9.17, 15) is 19.7 Å². The topological polar surface area (TPSA) is 110 Å². The van der Waals surface area contributed by atoms with Gasteiger partial charge < -0.3 is 25.4 Å². The highest BCUT2D eigenvalue weighted by Gasteiger charge is 2.27. The Labute approximate surface area is 101 Å². The number of aliphatic hydroxyl groups excluding tert-OH is 4. The Morgan fingerprint density at radius 3 is 2.67 bits per heavy atom. The number of nitrogens with one attached hydrogen (secondary N) is 1. The van der Waals surface area contributed by atoms with Crippen LogP contribution in [0.1, 0.15) is 11.9 Å². The van der Waals surface area contributed by atoms with Crippen LogP contribution in [0.25, 0.3) is 11.0 Å². The van der Waals surface area contributed by atoms with E-state index in [1.165, 1.54) is 18.2 Å². The van der Waals surface area contributed by atoms with Crippen molar-refractivity contribution in [1.29, 1.82) is 0 Å². The molecule has 0 bridgehead atoms. The number of rotatable bonds is 4. The van der Waals surface area contributed by atoms with E-state index in [0.717, 1.165) is 0 Å². The predicted molar refractivity (Wildman–Crippen MR) is 60.1 cm³/mol. The first-order valence-corrected chi connectivity index (χ1v) is 5.33. The molecule has 0 radical (unpaired) electrons. The second-order valence-corrected chi connectivity index (χ2v) is 3.97. The average Bonchev–Trinajstić information content (AvgIpc) is 2.78. The molecule has 98 valence electrons. The maximum Gasteiger partial charge on any atom is 0.140 e. The lowest BCUT2D eigenvalue weighted by molar-refractivity contribution is -0.0800. The third-order valence-electron chi connectivity index (χ3n) is 2.65. The highest BCUT2D eigenvalue weighted by molar-refractivity contribution is 5.75. The van der Waals surface area contributed by atoms with Gasteiger partial charge in [0.05, 0.1) is 17.6 Å². The standard InChI is InChI=1S/C11H13FN2O4/c12-5-1-2-6-7(3-5)14-11(13-6)10(18)9(17)8(16)4-15/h1-3,8-10,15-18H,4H2,(H,13,14)/t8?,9?,10-/m0/s1. The predicted octanol–water partition coefficient (Wildman–Crippen LogP) is -0.550. The van der Waals surface area contributed by atoms with Crippen molar-refractivity contribution in [3.8, 4) is 0 Å². The summed E-state index contributed by atoms with van der Waals surface area (Å²) in [5, 5.41) is 37.2. The van der Waals surface area contributed by atoms with E-state index in [2.05, 4.69) is 9.97 Å². The van der Waals surface area contributed by atoms with Crippen molar-refractivity contribution in [2.75, 3.05) is 6.61 Å². The van der Waals surface area contributed by atoms with Crippen LogP contribution in [0.4, 0.5) is 4.39 Å². The number of fused-ring (bicyclic) bond motifs is 1. The Morgan fingerprint density at radius 2 is 2.00 bits per heavy atom. The molecule has 1 aromatic carbocycles.